The van der Waals surface area contributed by atoms with Crippen molar-refractivity contribution < 1.29 is 19.2 Å². The summed E-state index contributed by atoms with van der Waals surface area (Å²) in [7, 11) is 1.26. The molecule has 0 radical (unpaired) electrons. The van der Waals surface area contributed by atoms with Gasteiger partial charge < -0.3 is 14.4 Å². The van der Waals surface area contributed by atoms with Crippen LogP contribution >= 0.6 is 0 Å². The van der Waals surface area contributed by atoms with Crippen molar-refractivity contribution >= 4 is 17.3 Å². The molecule has 0 bridgehead atoms. The molecule has 1 fully saturated rings. The maximum Gasteiger partial charge on any atom is 0.336 e. The topological polar surface area (TPSA) is 106 Å². The Bertz CT molecular complexity index is 640. The van der Waals surface area contributed by atoms with Gasteiger partial charge in [0.25, 0.3) is 5.69 Å². The Labute approximate surface area is 127 Å². The van der Waals surface area contributed by atoms with Gasteiger partial charge in [-0.05, 0) is 19.1 Å². The summed E-state index contributed by atoms with van der Waals surface area (Å²) >= 11 is 0. The Kier molecular flexibility index (Phi) is 4.58. The van der Waals surface area contributed by atoms with E-state index in [9.17, 15) is 14.9 Å². The smallest absolute Gasteiger partial charge is 0.336 e. The standard InChI is InChI=1S/C14H15N3O5/c1-9-7-16(8-13(22-9)14(18)21-2)11-4-3-10(6-15)5-12(11)17(19)20/h3-5,9,13H,7-8H2,1-2H3/t9-,13?/m1/s1. The zero-order valence-corrected chi connectivity index (χ0v) is 12.2. The fourth-order valence-electron chi connectivity index (χ4n) is 2.42. The molecular formula is C14H15N3O5. The molecule has 116 valence electrons. The maximum absolute atomic E-state index is 11.7. The molecule has 1 unspecified atom stereocenters. The van der Waals surface area contributed by atoms with Crippen molar-refractivity contribution in [1.82, 2.24) is 0 Å². The van der Waals surface area contributed by atoms with E-state index in [4.69, 9.17) is 10.00 Å². The summed E-state index contributed by atoms with van der Waals surface area (Å²) in [4.78, 5) is 24.1. The second kappa shape index (κ2) is 6.41. The van der Waals surface area contributed by atoms with E-state index in [1.54, 1.807) is 11.8 Å². The van der Waals surface area contributed by atoms with Gasteiger partial charge in [0, 0.05) is 12.6 Å². The average Bonchev–Trinajstić information content (AvgIpc) is 2.52. The minimum absolute atomic E-state index is 0.157. The van der Waals surface area contributed by atoms with E-state index in [1.165, 1.54) is 25.3 Å². The van der Waals surface area contributed by atoms with Crippen molar-refractivity contribution in [2.45, 2.75) is 19.1 Å². The highest BCUT2D eigenvalue weighted by Crippen LogP contribution is 2.31. The number of methoxy groups -OCH3 is 1. The maximum atomic E-state index is 11.7. The van der Waals surface area contributed by atoms with Crippen LogP contribution < -0.4 is 4.90 Å². The summed E-state index contributed by atoms with van der Waals surface area (Å²) in [6, 6.07) is 6.13. The van der Waals surface area contributed by atoms with Crippen LogP contribution in [0.5, 0.6) is 0 Å². The molecule has 1 saturated heterocycles. The summed E-state index contributed by atoms with van der Waals surface area (Å²) < 4.78 is 10.2. The lowest BCUT2D eigenvalue weighted by molar-refractivity contribution is -0.384. The van der Waals surface area contributed by atoms with Gasteiger partial charge in [-0.25, -0.2) is 4.79 Å². The number of hydrogen-bond acceptors (Lipinski definition) is 7. The summed E-state index contributed by atoms with van der Waals surface area (Å²) in [5, 5.41) is 20.1. The van der Waals surface area contributed by atoms with E-state index in [0.717, 1.165) is 0 Å². The van der Waals surface area contributed by atoms with Crippen LogP contribution in [-0.4, -0.2) is 43.3 Å². The first-order valence-electron chi connectivity index (χ1n) is 6.63. The molecule has 0 N–H and O–H groups in total. The number of ether oxygens (including phenoxy) is 2. The Hall–Kier alpha value is -2.66. The van der Waals surface area contributed by atoms with Gasteiger partial charge in [0.1, 0.15) is 5.69 Å². The van der Waals surface area contributed by atoms with Crippen LogP contribution in [0, 0.1) is 21.4 Å². The molecule has 1 aliphatic heterocycles. The molecule has 0 aromatic heterocycles. The van der Waals surface area contributed by atoms with E-state index < -0.39 is 17.0 Å². The Morgan fingerprint density at radius 2 is 2.27 bits per heavy atom. The molecule has 0 saturated carbocycles. The van der Waals surface area contributed by atoms with Gasteiger partial charge in [-0.15, -0.1) is 0 Å². The number of anilines is 1. The van der Waals surface area contributed by atoms with Crippen molar-refractivity contribution in [3.63, 3.8) is 0 Å². The van der Waals surface area contributed by atoms with Gasteiger partial charge in [0.05, 0.1) is 36.3 Å². The van der Waals surface area contributed by atoms with E-state index in [1.807, 2.05) is 6.07 Å². The fraction of sp³-hybridized carbons (Fsp3) is 0.429. The monoisotopic (exact) mass is 305 g/mol. The average molecular weight is 305 g/mol. The highest BCUT2D eigenvalue weighted by molar-refractivity contribution is 5.76. The third-order valence-corrected chi connectivity index (χ3v) is 3.37. The largest absolute Gasteiger partial charge is 0.467 e. The van der Waals surface area contributed by atoms with Crippen molar-refractivity contribution in [3.05, 3.63) is 33.9 Å². The van der Waals surface area contributed by atoms with Gasteiger partial charge in [-0.3, -0.25) is 10.1 Å². The lowest BCUT2D eigenvalue weighted by atomic mass is 10.1. The number of rotatable bonds is 3. The number of benzene rings is 1. The normalized spacial score (nSPS) is 21.0. The lowest BCUT2D eigenvalue weighted by Gasteiger charge is -2.36. The lowest BCUT2D eigenvalue weighted by Crippen LogP contribution is -2.50. The molecule has 0 aliphatic carbocycles. The zero-order chi connectivity index (χ0) is 16.3. The molecule has 1 aromatic carbocycles. The number of nitriles is 1. The van der Waals surface area contributed by atoms with Gasteiger partial charge in [-0.2, -0.15) is 5.26 Å². The van der Waals surface area contributed by atoms with Gasteiger partial charge in [0.2, 0.25) is 0 Å². The number of hydrogen-bond donors (Lipinski definition) is 0. The third kappa shape index (κ3) is 3.15. The van der Waals surface area contributed by atoms with E-state index in [0.29, 0.717) is 12.2 Å². The highest BCUT2D eigenvalue weighted by atomic mass is 16.6. The second-order valence-corrected chi connectivity index (χ2v) is 4.94. The Balaban J connectivity index is 2.36. The minimum Gasteiger partial charge on any atom is -0.467 e. The number of carbonyl (C=O) groups is 1. The number of nitrogens with zero attached hydrogens (tertiary/aromatic N) is 3. The van der Waals surface area contributed by atoms with Crippen LogP contribution in [0.1, 0.15) is 12.5 Å². The van der Waals surface area contributed by atoms with E-state index in [-0.39, 0.29) is 23.9 Å². The van der Waals surface area contributed by atoms with Crippen LogP contribution in [0.15, 0.2) is 18.2 Å². The first kappa shape index (κ1) is 15.7. The predicted octanol–water partition coefficient (Wildman–Crippen LogP) is 1.23. The Morgan fingerprint density at radius 1 is 1.55 bits per heavy atom. The number of nitro groups is 1. The van der Waals surface area contributed by atoms with Gasteiger partial charge in [-0.1, -0.05) is 0 Å². The van der Waals surface area contributed by atoms with Crippen LogP contribution in [0.2, 0.25) is 0 Å². The quantitative estimate of drug-likeness (QED) is 0.469. The summed E-state index contributed by atoms with van der Waals surface area (Å²) in [5.41, 5.74) is 0.395. The van der Waals surface area contributed by atoms with Crippen molar-refractivity contribution in [2.75, 3.05) is 25.1 Å². The predicted molar refractivity (Wildman–Crippen MR) is 76.4 cm³/mol. The van der Waals surface area contributed by atoms with Crippen LogP contribution in [0.25, 0.3) is 0 Å². The van der Waals surface area contributed by atoms with Crippen molar-refractivity contribution in [3.8, 4) is 6.07 Å². The van der Waals surface area contributed by atoms with Crippen LogP contribution in [0.3, 0.4) is 0 Å². The third-order valence-electron chi connectivity index (χ3n) is 3.37. The van der Waals surface area contributed by atoms with Crippen LogP contribution in [0.4, 0.5) is 11.4 Å². The molecule has 0 amide bonds. The van der Waals surface area contributed by atoms with E-state index >= 15 is 0 Å². The molecule has 1 heterocycles. The number of nitro benzene ring substituents is 1. The number of esters is 1. The molecule has 22 heavy (non-hydrogen) atoms. The summed E-state index contributed by atoms with van der Waals surface area (Å²) in [6.07, 6.45) is -1.09. The number of carbonyl (C=O) groups excluding carboxylic acids is 1. The Morgan fingerprint density at radius 3 is 2.86 bits per heavy atom. The second-order valence-electron chi connectivity index (χ2n) is 4.94. The number of morpholine rings is 1. The van der Waals surface area contributed by atoms with Crippen molar-refractivity contribution in [1.29, 1.82) is 5.26 Å². The SMILES string of the molecule is COC(=O)C1CN(c2ccc(C#N)cc2[N+](=O)[O-])C[C@@H](C)O1. The van der Waals surface area contributed by atoms with E-state index in [2.05, 4.69) is 4.74 Å². The minimum atomic E-state index is -0.802. The fourth-order valence-corrected chi connectivity index (χ4v) is 2.42. The molecule has 1 aromatic rings. The van der Waals surface area contributed by atoms with Crippen molar-refractivity contribution in [2.24, 2.45) is 0 Å². The summed E-state index contributed by atoms with van der Waals surface area (Å²) in [6.45, 7) is 2.33. The molecule has 0 spiro atoms. The first-order valence-corrected chi connectivity index (χ1v) is 6.63. The van der Waals surface area contributed by atoms with Gasteiger partial charge >= 0.3 is 5.97 Å². The summed E-state index contributed by atoms with van der Waals surface area (Å²) in [5.74, 6) is -0.521. The van der Waals surface area contributed by atoms with Crippen LogP contribution in [-0.2, 0) is 14.3 Å². The molecule has 2 rings (SSSR count). The molecule has 1 aliphatic rings. The molecular weight excluding hydrogens is 290 g/mol. The van der Waals surface area contributed by atoms with Gasteiger partial charge in [0.15, 0.2) is 6.10 Å². The zero-order valence-electron chi connectivity index (χ0n) is 12.2. The molecule has 8 heteroatoms. The molecule has 8 nitrogen and oxygen atoms in total. The molecule has 2 atom stereocenters. The highest BCUT2D eigenvalue weighted by Gasteiger charge is 2.33. The first-order chi connectivity index (χ1) is 10.5.